The maximum atomic E-state index is 13.7. The Kier molecular flexibility index (Phi) is 6.18. The molecule has 4 rings (SSSR count). The van der Waals surface area contributed by atoms with Crippen molar-refractivity contribution in [3.63, 3.8) is 0 Å². The Hall–Kier alpha value is -4.02. The topological polar surface area (TPSA) is 77.8 Å². The number of nitrogens with one attached hydrogen (secondary N) is 1. The van der Waals surface area contributed by atoms with Crippen molar-refractivity contribution in [1.82, 2.24) is 24.7 Å². The number of pyridine rings is 1. The molecule has 0 bridgehead atoms. The molecule has 34 heavy (non-hydrogen) atoms. The zero-order chi connectivity index (χ0) is 24.5. The molecule has 1 N–H and O–H groups in total. The number of alkyl halides is 3. The molecule has 3 aromatic heterocycles. The summed E-state index contributed by atoms with van der Waals surface area (Å²) in [5, 5.41) is 10.4. The fourth-order valence-corrected chi connectivity index (χ4v) is 3.37. The number of aryl methyl sites for hydroxylation is 2. The average molecular weight is 472 g/mol. The van der Waals surface area contributed by atoms with E-state index in [0.717, 1.165) is 30.0 Å². The highest BCUT2D eigenvalue weighted by Crippen LogP contribution is 2.36. The van der Waals surface area contributed by atoms with Crippen LogP contribution in [0.15, 0.2) is 55.0 Å². The molecule has 0 aliphatic carbocycles. The lowest BCUT2D eigenvalue weighted by molar-refractivity contribution is -0.144. The summed E-state index contributed by atoms with van der Waals surface area (Å²) in [6.07, 6.45) is -1.18. The van der Waals surface area contributed by atoms with E-state index in [0.29, 0.717) is 28.5 Å². The van der Waals surface area contributed by atoms with Crippen LogP contribution in [0.25, 0.3) is 17.1 Å². The third kappa shape index (κ3) is 4.82. The summed E-state index contributed by atoms with van der Waals surface area (Å²) in [4.78, 5) is 8.65. The van der Waals surface area contributed by atoms with E-state index >= 15 is 0 Å². The molecule has 0 saturated heterocycles. The van der Waals surface area contributed by atoms with Gasteiger partial charge in [0.05, 0.1) is 24.8 Å². The highest BCUT2D eigenvalue weighted by molar-refractivity contribution is 5.61. The summed E-state index contributed by atoms with van der Waals surface area (Å²) in [7, 11) is 1.48. The van der Waals surface area contributed by atoms with Gasteiger partial charge in [-0.1, -0.05) is 12.1 Å². The van der Waals surface area contributed by atoms with Crippen molar-refractivity contribution in [1.29, 1.82) is 0 Å². The standard InChI is InChI=1S/C23H20F4N6O/c1-13-10-18(17-8-9-19(22(29-17)34-3)33-11-14(2)28-12-33)31-32-21(13)30-20(23(25,26)27)15-4-6-16(24)7-5-15/h4-12,20H,1-3H3,(H,30,32)/t20-/m1/s1. The molecule has 0 saturated carbocycles. The van der Waals surface area contributed by atoms with Crippen LogP contribution in [0.4, 0.5) is 23.4 Å². The Morgan fingerprint density at radius 2 is 1.74 bits per heavy atom. The number of anilines is 1. The molecule has 3 heterocycles. The van der Waals surface area contributed by atoms with E-state index in [1.54, 1.807) is 36.0 Å². The lowest BCUT2D eigenvalue weighted by Crippen LogP contribution is -2.28. The van der Waals surface area contributed by atoms with E-state index in [2.05, 4.69) is 25.5 Å². The first-order valence-corrected chi connectivity index (χ1v) is 10.1. The molecule has 11 heteroatoms. The maximum Gasteiger partial charge on any atom is 0.412 e. The second kappa shape index (κ2) is 9.08. The van der Waals surface area contributed by atoms with Gasteiger partial charge in [-0.15, -0.1) is 10.2 Å². The van der Waals surface area contributed by atoms with E-state index in [-0.39, 0.29) is 11.4 Å². The monoisotopic (exact) mass is 472 g/mol. The minimum Gasteiger partial charge on any atom is -0.479 e. The van der Waals surface area contributed by atoms with Gasteiger partial charge in [-0.2, -0.15) is 13.2 Å². The molecule has 0 aliphatic heterocycles. The molecule has 7 nitrogen and oxygen atoms in total. The van der Waals surface area contributed by atoms with E-state index in [9.17, 15) is 17.6 Å². The van der Waals surface area contributed by atoms with E-state index < -0.39 is 18.0 Å². The maximum absolute atomic E-state index is 13.7. The first-order valence-electron chi connectivity index (χ1n) is 10.1. The molecule has 4 aromatic rings. The van der Waals surface area contributed by atoms with Gasteiger partial charge in [0.1, 0.15) is 23.2 Å². The summed E-state index contributed by atoms with van der Waals surface area (Å²) < 4.78 is 61.4. The average Bonchev–Trinajstić information content (AvgIpc) is 3.24. The number of imidazole rings is 1. The molecule has 0 aliphatic rings. The fraction of sp³-hybridized carbons (Fsp3) is 0.217. The predicted octanol–water partition coefficient (Wildman–Crippen LogP) is 5.20. The lowest BCUT2D eigenvalue weighted by Gasteiger charge is -2.23. The van der Waals surface area contributed by atoms with Gasteiger partial charge < -0.3 is 14.6 Å². The van der Waals surface area contributed by atoms with Crippen molar-refractivity contribution >= 4 is 5.82 Å². The summed E-state index contributed by atoms with van der Waals surface area (Å²) in [5.41, 5.74) is 2.58. The van der Waals surface area contributed by atoms with E-state index in [1.807, 2.05) is 13.1 Å². The number of halogens is 4. The highest BCUT2D eigenvalue weighted by atomic mass is 19.4. The molecular weight excluding hydrogens is 452 g/mol. The molecule has 0 radical (unpaired) electrons. The molecule has 1 atom stereocenters. The molecular formula is C23H20F4N6O. The van der Waals surface area contributed by atoms with E-state index in [4.69, 9.17) is 4.74 Å². The number of ether oxygens (including phenoxy) is 1. The van der Waals surface area contributed by atoms with Gasteiger partial charge in [0, 0.05) is 6.20 Å². The van der Waals surface area contributed by atoms with Crippen molar-refractivity contribution in [2.75, 3.05) is 12.4 Å². The Morgan fingerprint density at radius 3 is 2.32 bits per heavy atom. The lowest BCUT2D eigenvalue weighted by atomic mass is 10.1. The second-order valence-electron chi connectivity index (χ2n) is 7.58. The van der Waals surface area contributed by atoms with Gasteiger partial charge in [0.2, 0.25) is 5.88 Å². The van der Waals surface area contributed by atoms with E-state index in [1.165, 1.54) is 7.11 Å². The van der Waals surface area contributed by atoms with Crippen LogP contribution < -0.4 is 10.1 Å². The van der Waals surface area contributed by atoms with Crippen molar-refractivity contribution in [2.45, 2.75) is 26.1 Å². The zero-order valence-electron chi connectivity index (χ0n) is 18.4. The number of hydrogen-bond acceptors (Lipinski definition) is 6. The minimum absolute atomic E-state index is 0.0483. The fourth-order valence-electron chi connectivity index (χ4n) is 3.37. The Morgan fingerprint density at radius 1 is 1.00 bits per heavy atom. The Bertz CT molecular complexity index is 1300. The number of methoxy groups -OCH3 is 1. The van der Waals surface area contributed by atoms with Crippen molar-refractivity contribution in [3.05, 3.63) is 77.6 Å². The highest BCUT2D eigenvalue weighted by Gasteiger charge is 2.41. The molecule has 0 unspecified atom stereocenters. The van der Waals surface area contributed by atoms with Gasteiger partial charge in [-0.05, 0) is 55.3 Å². The Labute approximate surface area is 192 Å². The van der Waals surface area contributed by atoms with Crippen LogP contribution >= 0.6 is 0 Å². The molecule has 176 valence electrons. The van der Waals surface area contributed by atoms with Crippen LogP contribution in [0, 0.1) is 19.7 Å². The number of aromatic nitrogens is 5. The van der Waals surface area contributed by atoms with Crippen LogP contribution in [-0.2, 0) is 0 Å². The normalized spacial score (nSPS) is 12.4. The third-order valence-corrected chi connectivity index (χ3v) is 5.08. The summed E-state index contributed by atoms with van der Waals surface area (Å²) >= 11 is 0. The first-order chi connectivity index (χ1) is 16.2. The van der Waals surface area contributed by atoms with Gasteiger partial charge in [0.25, 0.3) is 0 Å². The molecule has 0 spiro atoms. The smallest absolute Gasteiger partial charge is 0.412 e. The number of benzene rings is 1. The van der Waals surface area contributed by atoms with Crippen LogP contribution in [-0.4, -0.2) is 38.0 Å². The van der Waals surface area contributed by atoms with Crippen molar-refractivity contribution in [2.24, 2.45) is 0 Å². The quantitative estimate of drug-likeness (QED) is 0.389. The van der Waals surface area contributed by atoms with Gasteiger partial charge in [-0.3, -0.25) is 0 Å². The van der Waals surface area contributed by atoms with Gasteiger partial charge in [0.15, 0.2) is 5.82 Å². The summed E-state index contributed by atoms with van der Waals surface area (Å²) in [6.45, 7) is 3.47. The number of hydrogen-bond donors (Lipinski definition) is 1. The van der Waals surface area contributed by atoms with Crippen LogP contribution in [0.1, 0.15) is 22.9 Å². The molecule has 1 aromatic carbocycles. The van der Waals surface area contributed by atoms with Gasteiger partial charge in [-0.25, -0.2) is 14.4 Å². The minimum atomic E-state index is -4.64. The van der Waals surface area contributed by atoms with Crippen molar-refractivity contribution < 1.29 is 22.3 Å². The van der Waals surface area contributed by atoms with Crippen LogP contribution in [0.3, 0.4) is 0 Å². The SMILES string of the molecule is COc1nc(-c2cc(C)c(N[C@H](c3ccc(F)cc3)C(F)(F)F)nn2)ccc1-n1cnc(C)c1. The summed E-state index contributed by atoms with van der Waals surface area (Å²) in [6, 6.07) is 7.10. The second-order valence-corrected chi connectivity index (χ2v) is 7.58. The Balaban J connectivity index is 1.63. The number of rotatable bonds is 6. The first kappa shape index (κ1) is 23.1. The molecule has 0 amide bonds. The zero-order valence-corrected chi connectivity index (χ0v) is 18.4. The predicted molar refractivity (Wildman–Crippen MR) is 117 cm³/mol. The van der Waals surface area contributed by atoms with Crippen molar-refractivity contribution in [3.8, 4) is 23.0 Å². The van der Waals surface area contributed by atoms with Gasteiger partial charge >= 0.3 is 6.18 Å². The molecule has 0 fully saturated rings. The number of nitrogens with zero attached hydrogens (tertiary/aromatic N) is 5. The van der Waals surface area contributed by atoms with Crippen LogP contribution in [0.5, 0.6) is 5.88 Å². The third-order valence-electron chi connectivity index (χ3n) is 5.08. The van der Waals surface area contributed by atoms with Crippen LogP contribution in [0.2, 0.25) is 0 Å². The summed E-state index contributed by atoms with van der Waals surface area (Å²) in [5.74, 6) is -0.347. The largest absolute Gasteiger partial charge is 0.479 e.